The maximum Gasteiger partial charge on any atom is 0.113 e. The Morgan fingerprint density at radius 3 is 1.53 bits per heavy atom. The Kier molecular flexibility index (Phi) is 4.80. The maximum atomic E-state index is 6.14. The summed E-state index contributed by atoms with van der Waals surface area (Å²) in [5, 5.41) is 1.61. The first kappa shape index (κ1) is 15.3. The zero-order valence-corrected chi connectivity index (χ0v) is 13.7. The lowest BCUT2D eigenvalue weighted by Crippen LogP contribution is -2.40. The van der Waals surface area contributed by atoms with Gasteiger partial charge < -0.3 is 4.74 Å². The molecule has 0 aliphatic rings. The van der Waals surface area contributed by atoms with Crippen LogP contribution >= 0.6 is 8.20 Å². The monoisotopic (exact) mass is 246 g/mol. The van der Waals surface area contributed by atoms with Gasteiger partial charge in [0, 0.05) is 5.16 Å². The van der Waals surface area contributed by atoms with Gasteiger partial charge in [-0.3, -0.25) is 0 Å². The molecular weight excluding hydrogens is 219 g/mol. The summed E-state index contributed by atoms with van der Waals surface area (Å²) in [4.78, 5) is 0. The molecule has 0 radical (unpaired) electrons. The van der Waals surface area contributed by atoms with Crippen molar-refractivity contribution in [2.45, 2.75) is 71.9 Å². The van der Waals surface area contributed by atoms with Crippen LogP contribution in [0.5, 0.6) is 0 Å². The fourth-order valence-electron chi connectivity index (χ4n) is 0.938. The summed E-state index contributed by atoms with van der Waals surface area (Å²) in [5.74, 6) is 0. The normalized spacial score (nSPS) is 15.7. The van der Waals surface area contributed by atoms with Gasteiger partial charge in [0.15, 0.2) is 0 Å². The molecular formula is C12H27OPSi. The zero-order chi connectivity index (χ0) is 12.5. The third kappa shape index (κ3) is 8.18. The minimum Gasteiger partial charge on any atom is -0.345 e. The second-order valence-corrected chi connectivity index (χ2v) is 14.4. The van der Waals surface area contributed by atoms with Crippen molar-refractivity contribution in [1.29, 1.82) is 0 Å². The Morgan fingerprint density at radius 1 is 0.933 bits per heavy atom. The summed E-state index contributed by atoms with van der Waals surface area (Å²) in [5.41, 5.74) is -0.0616. The summed E-state index contributed by atoms with van der Waals surface area (Å²) >= 11 is 0. The number of rotatable bonds is 2. The molecule has 0 N–H and O–H groups in total. The van der Waals surface area contributed by atoms with Crippen molar-refractivity contribution >= 4 is 21.4 Å². The molecule has 0 bridgehead atoms. The molecule has 3 heteroatoms. The summed E-state index contributed by atoms with van der Waals surface area (Å²) < 4.78 is 6.14. The van der Waals surface area contributed by atoms with E-state index in [0.29, 0.717) is 5.16 Å². The van der Waals surface area contributed by atoms with Crippen molar-refractivity contribution in [2.24, 2.45) is 0 Å². The van der Waals surface area contributed by atoms with Gasteiger partial charge in [-0.2, -0.15) is 0 Å². The predicted octanol–water partition coefficient (Wildman–Crippen LogP) is 4.55. The van der Waals surface area contributed by atoms with Crippen LogP contribution in [0.25, 0.3) is 0 Å². The van der Waals surface area contributed by atoms with E-state index in [4.69, 9.17) is 4.74 Å². The van der Waals surface area contributed by atoms with E-state index in [1.54, 1.807) is 0 Å². The average molecular weight is 246 g/mol. The maximum absolute atomic E-state index is 6.14. The van der Waals surface area contributed by atoms with E-state index in [0.717, 1.165) is 0 Å². The molecule has 0 rings (SSSR count). The first-order valence-electron chi connectivity index (χ1n) is 5.61. The van der Waals surface area contributed by atoms with Gasteiger partial charge in [-0.25, -0.2) is 0 Å². The fraction of sp³-hybridized carbons (Fsp3) is 0.917. The van der Waals surface area contributed by atoms with Crippen molar-refractivity contribution in [1.82, 2.24) is 0 Å². The lowest BCUT2D eigenvalue weighted by atomic mass is 10.2. The molecule has 1 nitrogen and oxygen atoms in total. The van der Waals surface area contributed by atoms with Crippen molar-refractivity contribution < 1.29 is 4.74 Å². The van der Waals surface area contributed by atoms with Crippen LogP contribution in [-0.4, -0.2) is 23.9 Å². The molecule has 0 aliphatic carbocycles. The minimum absolute atomic E-state index is 0.0616. The molecule has 0 aliphatic heterocycles. The van der Waals surface area contributed by atoms with Crippen LogP contribution in [0.3, 0.4) is 0 Å². The lowest BCUT2D eigenvalue weighted by Gasteiger charge is -2.30. The fourth-order valence-corrected chi connectivity index (χ4v) is 4.83. The van der Waals surface area contributed by atoms with E-state index >= 15 is 0 Å². The highest BCUT2D eigenvalue weighted by Gasteiger charge is 2.27. The number of hydrogen-bond acceptors (Lipinski definition) is 1. The van der Waals surface area contributed by atoms with Crippen LogP contribution in [0.2, 0.25) is 19.6 Å². The molecule has 0 spiro atoms. The molecule has 0 aromatic carbocycles. The Labute approximate surface area is 98.4 Å². The smallest absolute Gasteiger partial charge is 0.113 e. The van der Waals surface area contributed by atoms with E-state index in [2.05, 4.69) is 61.2 Å². The average Bonchev–Trinajstić information content (AvgIpc) is 1.75. The van der Waals surface area contributed by atoms with Gasteiger partial charge in [-0.15, -0.1) is 0 Å². The van der Waals surface area contributed by atoms with Crippen LogP contribution in [0.15, 0.2) is 0 Å². The number of hydrogen-bond donors (Lipinski definition) is 0. The highest BCUT2D eigenvalue weighted by molar-refractivity contribution is 7.51. The van der Waals surface area contributed by atoms with Crippen molar-refractivity contribution in [3.63, 3.8) is 0 Å². The molecule has 0 fully saturated rings. The summed E-state index contributed by atoms with van der Waals surface area (Å²) in [6.45, 7) is 20.2. The lowest BCUT2D eigenvalue weighted by molar-refractivity contribution is 0.125. The highest BCUT2D eigenvalue weighted by Crippen LogP contribution is 2.29. The van der Waals surface area contributed by atoms with Crippen LogP contribution in [0.1, 0.15) is 41.5 Å². The van der Waals surface area contributed by atoms with Crippen LogP contribution in [-0.2, 0) is 4.74 Å². The van der Waals surface area contributed by atoms with E-state index in [1.807, 2.05) is 0 Å². The van der Waals surface area contributed by atoms with Gasteiger partial charge in [0.25, 0.3) is 0 Å². The molecule has 0 aromatic heterocycles. The Bertz CT molecular complexity index is 238. The van der Waals surface area contributed by atoms with E-state index in [9.17, 15) is 0 Å². The van der Waals surface area contributed by atoms with Gasteiger partial charge in [-0.05, 0) is 20.8 Å². The molecule has 15 heavy (non-hydrogen) atoms. The van der Waals surface area contributed by atoms with Gasteiger partial charge in [0.05, 0.1) is 10.7 Å². The topological polar surface area (TPSA) is 9.23 Å². The van der Waals surface area contributed by atoms with Gasteiger partial charge in [0.1, 0.15) is 8.07 Å². The third-order valence-corrected chi connectivity index (χ3v) is 6.18. The molecule has 0 atom stereocenters. The Hall–Kier alpha value is 0.347. The van der Waals surface area contributed by atoms with Crippen LogP contribution in [0, 0.1) is 0 Å². The van der Waals surface area contributed by atoms with Crippen LogP contribution in [0.4, 0.5) is 0 Å². The molecule has 90 valence electrons. The second-order valence-electron chi connectivity index (χ2n) is 7.05. The van der Waals surface area contributed by atoms with E-state index in [1.165, 1.54) is 13.3 Å². The van der Waals surface area contributed by atoms with Gasteiger partial charge >= 0.3 is 0 Å². The van der Waals surface area contributed by atoms with Gasteiger partial charge in [-0.1, -0.05) is 48.6 Å². The predicted molar refractivity (Wildman–Crippen MR) is 75.9 cm³/mol. The summed E-state index contributed by atoms with van der Waals surface area (Å²) in [6.07, 6.45) is 0. The SMILES string of the molecule is CC(C)(C)OC(=PC(C)(C)C)[Si](C)(C)C. The minimum atomic E-state index is -1.32. The Balaban J connectivity index is 5.02. The standard InChI is InChI=1S/C12H27OPSi/c1-11(2,3)13-10(15(7,8)9)14-12(4,5)6/h1-9H3. The molecule has 0 saturated heterocycles. The van der Waals surface area contributed by atoms with Gasteiger partial charge in [0.2, 0.25) is 0 Å². The first-order valence-corrected chi connectivity index (χ1v) is 10.00. The van der Waals surface area contributed by atoms with Crippen molar-refractivity contribution in [3.05, 3.63) is 0 Å². The quantitative estimate of drug-likeness (QED) is 0.513. The Morgan fingerprint density at radius 2 is 1.33 bits per heavy atom. The van der Waals surface area contributed by atoms with Crippen molar-refractivity contribution in [3.8, 4) is 0 Å². The van der Waals surface area contributed by atoms with Crippen LogP contribution < -0.4 is 0 Å². The molecule has 0 aromatic rings. The van der Waals surface area contributed by atoms with Crippen molar-refractivity contribution in [2.75, 3.05) is 0 Å². The molecule has 0 heterocycles. The largest absolute Gasteiger partial charge is 0.345 e. The van der Waals surface area contributed by atoms with E-state index in [-0.39, 0.29) is 5.60 Å². The first-order chi connectivity index (χ1) is 6.31. The summed E-state index contributed by atoms with van der Waals surface area (Å²) in [6, 6.07) is 0. The third-order valence-electron chi connectivity index (χ3n) is 1.48. The highest BCUT2D eigenvalue weighted by atomic mass is 31.1. The zero-order valence-electron chi connectivity index (χ0n) is 11.9. The summed E-state index contributed by atoms with van der Waals surface area (Å²) in [7, 11) is 0.0287. The molecule has 0 amide bonds. The second kappa shape index (κ2) is 4.69. The number of ether oxygens (including phenoxy) is 1. The molecule has 0 unspecified atom stereocenters. The molecule has 0 saturated carbocycles. The van der Waals surface area contributed by atoms with E-state index < -0.39 is 8.07 Å².